The van der Waals surface area contributed by atoms with Crippen molar-refractivity contribution in [3.8, 4) is 0 Å². The number of thioether (sulfide) groups is 1. The van der Waals surface area contributed by atoms with Gasteiger partial charge in [0.1, 0.15) is 11.5 Å². The van der Waals surface area contributed by atoms with Gasteiger partial charge in [0.2, 0.25) is 0 Å². The van der Waals surface area contributed by atoms with Crippen molar-refractivity contribution in [1.29, 1.82) is 0 Å². The summed E-state index contributed by atoms with van der Waals surface area (Å²) in [7, 11) is 0. The molecule has 1 heterocycles. The summed E-state index contributed by atoms with van der Waals surface area (Å²) in [6.45, 7) is 0. The van der Waals surface area contributed by atoms with E-state index in [1.54, 1.807) is 12.1 Å². The summed E-state index contributed by atoms with van der Waals surface area (Å²) in [6.07, 6.45) is -0.467. The Bertz CT molecular complexity index is 672. The zero-order valence-electron chi connectivity index (χ0n) is 10.2. The van der Waals surface area contributed by atoms with Gasteiger partial charge >= 0.3 is 5.97 Å². The summed E-state index contributed by atoms with van der Waals surface area (Å²) in [5, 5.41) is 16.2. The molecule has 2 rings (SSSR count). The van der Waals surface area contributed by atoms with E-state index in [0.29, 0.717) is 5.75 Å². The van der Waals surface area contributed by atoms with Crippen molar-refractivity contribution in [3.05, 3.63) is 51.7 Å². The highest BCUT2D eigenvalue weighted by molar-refractivity contribution is 7.98. The molecule has 1 aromatic heterocycles. The molecule has 2 aromatic rings. The van der Waals surface area contributed by atoms with Gasteiger partial charge < -0.3 is 5.11 Å². The minimum absolute atomic E-state index is 0.136. The van der Waals surface area contributed by atoms with Crippen LogP contribution in [0.3, 0.4) is 0 Å². The molecular formula is C12H10FN3O3S. The van der Waals surface area contributed by atoms with E-state index >= 15 is 0 Å². The van der Waals surface area contributed by atoms with E-state index in [9.17, 15) is 14.0 Å². The van der Waals surface area contributed by atoms with Crippen molar-refractivity contribution in [3.63, 3.8) is 0 Å². The topological polar surface area (TPSA) is 95.9 Å². The summed E-state index contributed by atoms with van der Waals surface area (Å²) in [5.41, 5.74) is 0.168. The molecule has 0 amide bonds. The molecule has 6 nitrogen and oxygen atoms in total. The van der Waals surface area contributed by atoms with Crippen molar-refractivity contribution in [2.75, 3.05) is 0 Å². The molecule has 20 heavy (non-hydrogen) atoms. The number of aliphatic carboxylic acids is 1. The molecule has 1 aromatic carbocycles. The second kappa shape index (κ2) is 6.29. The zero-order valence-corrected chi connectivity index (χ0v) is 11.0. The normalized spacial score (nSPS) is 10.4. The van der Waals surface area contributed by atoms with Gasteiger partial charge in [0.15, 0.2) is 5.16 Å². The highest BCUT2D eigenvalue weighted by Crippen LogP contribution is 2.17. The van der Waals surface area contributed by atoms with E-state index in [-0.39, 0.29) is 16.7 Å². The Hall–Kier alpha value is -2.22. The standard InChI is InChI=1S/C12H10FN3O3S/c13-8-3-1-7(2-4-8)6-20-12-14-11(19)9(15-16-12)5-10(17)18/h1-4H,5-6H2,(H,17,18)(H,14,16,19). The van der Waals surface area contributed by atoms with E-state index in [4.69, 9.17) is 5.11 Å². The van der Waals surface area contributed by atoms with Crippen molar-refractivity contribution in [2.45, 2.75) is 17.3 Å². The fraction of sp³-hybridized carbons (Fsp3) is 0.167. The van der Waals surface area contributed by atoms with E-state index in [2.05, 4.69) is 15.2 Å². The maximum Gasteiger partial charge on any atom is 0.309 e. The number of nitrogens with one attached hydrogen (secondary N) is 1. The molecule has 0 radical (unpaired) electrons. The molecule has 0 atom stereocenters. The molecule has 0 aliphatic carbocycles. The van der Waals surface area contributed by atoms with Crippen molar-refractivity contribution >= 4 is 17.7 Å². The molecule has 0 spiro atoms. The Kier molecular flexibility index (Phi) is 4.46. The second-order valence-corrected chi connectivity index (χ2v) is 4.86. The van der Waals surface area contributed by atoms with Crippen LogP contribution >= 0.6 is 11.8 Å². The SMILES string of the molecule is O=C(O)Cc1nnc(SCc2ccc(F)cc2)[nH]c1=O. The van der Waals surface area contributed by atoms with Crippen LogP contribution in [0.5, 0.6) is 0 Å². The lowest BCUT2D eigenvalue weighted by molar-refractivity contribution is -0.136. The number of aromatic nitrogens is 3. The van der Waals surface area contributed by atoms with Crippen molar-refractivity contribution < 1.29 is 14.3 Å². The number of carboxylic acids is 1. The molecule has 104 valence electrons. The average molecular weight is 295 g/mol. The Morgan fingerprint density at radius 3 is 2.60 bits per heavy atom. The fourth-order valence-electron chi connectivity index (χ4n) is 1.40. The third kappa shape index (κ3) is 3.89. The molecule has 0 saturated heterocycles. The summed E-state index contributed by atoms with van der Waals surface area (Å²) in [4.78, 5) is 24.5. The van der Waals surface area contributed by atoms with Gasteiger partial charge in [-0.25, -0.2) is 4.39 Å². The number of benzene rings is 1. The minimum atomic E-state index is -1.14. The van der Waals surface area contributed by atoms with Crippen molar-refractivity contribution in [2.24, 2.45) is 0 Å². The zero-order chi connectivity index (χ0) is 14.5. The van der Waals surface area contributed by atoms with Crippen LogP contribution in [0.1, 0.15) is 11.3 Å². The molecule has 0 bridgehead atoms. The largest absolute Gasteiger partial charge is 0.481 e. The molecule has 0 fully saturated rings. The molecule has 2 N–H and O–H groups in total. The lowest BCUT2D eigenvalue weighted by Gasteiger charge is -2.01. The lowest BCUT2D eigenvalue weighted by atomic mass is 10.2. The average Bonchev–Trinajstić information content (AvgIpc) is 2.40. The van der Waals surface area contributed by atoms with E-state index in [0.717, 1.165) is 5.56 Å². The van der Waals surface area contributed by atoms with Gasteiger partial charge in [0, 0.05) is 5.75 Å². The Morgan fingerprint density at radius 1 is 1.30 bits per heavy atom. The van der Waals surface area contributed by atoms with Gasteiger partial charge in [-0.2, -0.15) is 0 Å². The molecule has 8 heteroatoms. The Balaban J connectivity index is 2.03. The van der Waals surface area contributed by atoms with Crippen LogP contribution in [0, 0.1) is 5.82 Å². The first-order chi connectivity index (χ1) is 9.54. The van der Waals surface area contributed by atoms with Crippen LogP contribution in [0.25, 0.3) is 0 Å². The lowest BCUT2D eigenvalue weighted by Crippen LogP contribution is -2.20. The third-order valence-corrected chi connectivity index (χ3v) is 3.29. The first kappa shape index (κ1) is 14.2. The number of rotatable bonds is 5. The number of nitrogens with zero attached hydrogens (tertiary/aromatic N) is 2. The maximum absolute atomic E-state index is 12.7. The number of carbonyl (C=O) groups is 1. The molecule has 0 aliphatic rings. The van der Waals surface area contributed by atoms with Crippen LogP contribution in [-0.4, -0.2) is 26.3 Å². The third-order valence-electron chi connectivity index (χ3n) is 2.35. The van der Waals surface area contributed by atoms with Crippen LogP contribution in [0.15, 0.2) is 34.2 Å². The van der Waals surface area contributed by atoms with E-state index < -0.39 is 17.9 Å². The first-order valence-corrected chi connectivity index (χ1v) is 6.58. The minimum Gasteiger partial charge on any atom is -0.481 e. The predicted octanol–water partition coefficient (Wildman–Crippen LogP) is 1.22. The van der Waals surface area contributed by atoms with Crippen LogP contribution in [-0.2, 0) is 17.0 Å². The van der Waals surface area contributed by atoms with Gasteiger partial charge in [-0.05, 0) is 17.7 Å². The van der Waals surface area contributed by atoms with Gasteiger partial charge in [-0.15, -0.1) is 10.2 Å². The number of halogens is 1. The molecule has 0 unspecified atom stereocenters. The van der Waals surface area contributed by atoms with Crippen LogP contribution in [0.4, 0.5) is 4.39 Å². The van der Waals surface area contributed by atoms with Crippen LogP contribution in [0.2, 0.25) is 0 Å². The second-order valence-electron chi connectivity index (χ2n) is 3.89. The number of H-pyrrole nitrogens is 1. The van der Waals surface area contributed by atoms with Gasteiger partial charge in [-0.1, -0.05) is 23.9 Å². The van der Waals surface area contributed by atoms with Gasteiger partial charge in [0.05, 0.1) is 6.42 Å². The van der Waals surface area contributed by atoms with E-state index in [1.165, 1.54) is 23.9 Å². The van der Waals surface area contributed by atoms with Gasteiger partial charge in [-0.3, -0.25) is 14.6 Å². The molecule has 0 saturated carbocycles. The number of carboxylic acid groups (broad SMARTS) is 1. The summed E-state index contributed by atoms with van der Waals surface area (Å²) >= 11 is 1.22. The molecule has 0 aliphatic heterocycles. The Morgan fingerprint density at radius 2 is 2.00 bits per heavy atom. The monoisotopic (exact) mass is 295 g/mol. The summed E-state index contributed by atoms with van der Waals surface area (Å²) in [5.74, 6) is -0.968. The number of hydrogen-bond donors (Lipinski definition) is 2. The van der Waals surface area contributed by atoms with Crippen LogP contribution < -0.4 is 5.56 Å². The highest BCUT2D eigenvalue weighted by Gasteiger charge is 2.09. The number of aromatic amines is 1. The van der Waals surface area contributed by atoms with Crippen molar-refractivity contribution in [1.82, 2.24) is 15.2 Å². The highest BCUT2D eigenvalue weighted by atomic mass is 32.2. The summed E-state index contributed by atoms with van der Waals surface area (Å²) < 4.78 is 12.7. The van der Waals surface area contributed by atoms with Gasteiger partial charge in [0.25, 0.3) is 5.56 Å². The smallest absolute Gasteiger partial charge is 0.309 e. The Labute approximate surface area is 117 Å². The number of hydrogen-bond acceptors (Lipinski definition) is 5. The first-order valence-electron chi connectivity index (χ1n) is 5.59. The molecular weight excluding hydrogens is 285 g/mol. The fourth-order valence-corrected chi connectivity index (χ4v) is 2.16. The van der Waals surface area contributed by atoms with E-state index in [1.807, 2.05) is 0 Å². The predicted molar refractivity (Wildman–Crippen MR) is 70.0 cm³/mol. The summed E-state index contributed by atoms with van der Waals surface area (Å²) in [6, 6.07) is 5.96. The quantitative estimate of drug-likeness (QED) is 0.805. The maximum atomic E-state index is 12.7.